The van der Waals surface area contributed by atoms with E-state index in [1.807, 2.05) is 31.2 Å². The maximum absolute atomic E-state index is 12.6. The molecule has 7 nitrogen and oxygen atoms in total. The average Bonchev–Trinajstić information content (AvgIpc) is 2.97. The van der Waals surface area contributed by atoms with E-state index >= 15 is 0 Å². The number of carbonyl (C=O) groups is 2. The van der Waals surface area contributed by atoms with Gasteiger partial charge in [-0.1, -0.05) is 17.3 Å². The van der Waals surface area contributed by atoms with Crippen molar-refractivity contribution in [1.29, 1.82) is 0 Å². The molecule has 7 heteroatoms. The van der Waals surface area contributed by atoms with Crippen molar-refractivity contribution in [3.8, 4) is 0 Å². The van der Waals surface area contributed by atoms with Gasteiger partial charge in [0.05, 0.1) is 10.9 Å². The van der Waals surface area contributed by atoms with Crippen LogP contribution >= 0.6 is 0 Å². The summed E-state index contributed by atoms with van der Waals surface area (Å²) in [6.07, 6.45) is 1.62. The van der Waals surface area contributed by atoms with Gasteiger partial charge in [0.15, 0.2) is 0 Å². The molecule has 122 valence electrons. The lowest BCUT2D eigenvalue weighted by molar-refractivity contribution is -0.140. The number of piperidine rings is 1. The second kappa shape index (κ2) is 5.98. The highest BCUT2D eigenvalue weighted by Crippen LogP contribution is 2.29. The molecule has 1 atom stereocenters. The number of rotatable bonds is 3. The zero-order chi connectivity index (χ0) is 16.4. The molecule has 3 rings (SSSR count). The van der Waals surface area contributed by atoms with Crippen molar-refractivity contribution in [2.75, 3.05) is 20.1 Å². The Morgan fingerprint density at radius 2 is 2.13 bits per heavy atom. The summed E-state index contributed by atoms with van der Waals surface area (Å²) >= 11 is 0. The van der Waals surface area contributed by atoms with Crippen molar-refractivity contribution in [3.63, 3.8) is 0 Å². The van der Waals surface area contributed by atoms with Crippen molar-refractivity contribution in [2.45, 2.75) is 26.3 Å². The molecule has 0 bridgehead atoms. The Morgan fingerprint density at radius 3 is 2.91 bits per heavy atom. The molecule has 1 saturated heterocycles. The summed E-state index contributed by atoms with van der Waals surface area (Å²) in [7, 11) is 1.63. The monoisotopic (exact) mass is 315 g/mol. The van der Waals surface area contributed by atoms with Crippen molar-refractivity contribution >= 4 is 22.8 Å². The van der Waals surface area contributed by atoms with Crippen molar-refractivity contribution in [3.05, 3.63) is 24.3 Å². The maximum atomic E-state index is 12.6. The number of carbonyl (C=O) groups excluding carboxylic acids is 2. The number of nitrogens with one attached hydrogen (secondary N) is 1. The lowest BCUT2D eigenvalue weighted by Crippen LogP contribution is -2.52. The minimum atomic E-state index is -0.521. The highest BCUT2D eigenvalue weighted by molar-refractivity contribution is 5.84. The van der Waals surface area contributed by atoms with E-state index in [2.05, 4.69) is 15.6 Å². The van der Waals surface area contributed by atoms with Crippen LogP contribution < -0.4 is 5.32 Å². The summed E-state index contributed by atoms with van der Waals surface area (Å²) in [6, 6.07) is 7.55. The predicted molar refractivity (Wildman–Crippen MR) is 85.5 cm³/mol. The van der Waals surface area contributed by atoms with Gasteiger partial charge >= 0.3 is 0 Å². The van der Waals surface area contributed by atoms with Gasteiger partial charge in [0.25, 0.3) is 0 Å². The quantitative estimate of drug-likeness (QED) is 0.909. The fourth-order valence-electron chi connectivity index (χ4n) is 3.20. The van der Waals surface area contributed by atoms with E-state index in [4.69, 9.17) is 0 Å². The van der Waals surface area contributed by atoms with Gasteiger partial charge in [0, 0.05) is 20.1 Å². The summed E-state index contributed by atoms with van der Waals surface area (Å²) in [5.41, 5.74) is 1.09. The number of hydrogen-bond acceptors (Lipinski definition) is 4. The topological polar surface area (TPSA) is 80.1 Å². The van der Waals surface area contributed by atoms with Crippen molar-refractivity contribution in [2.24, 2.45) is 5.41 Å². The fraction of sp³-hybridized carbons (Fsp3) is 0.500. The van der Waals surface area contributed by atoms with E-state index in [1.165, 1.54) is 0 Å². The molecule has 0 aliphatic carbocycles. The smallest absolute Gasteiger partial charge is 0.244 e. The lowest BCUT2D eigenvalue weighted by Gasteiger charge is -2.39. The average molecular weight is 315 g/mol. The summed E-state index contributed by atoms with van der Waals surface area (Å²) in [4.78, 5) is 26.4. The number of amides is 2. The standard InChI is InChI=1S/C16H21N5O2/c1-16(15(23)17-2)8-5-9-20(11-16)14(22)10-21-13-7-4-3-6-12(13)18-19-21/h3-4,6-7H,5,8-11H2,1-2H3,(H,17,23)/t16-/m1/s1. The molecule has 1 aliphatic rings. The predicted octanol–water partition coefficient (Wildman–Crippen LogP) is 0.806. The SMILES string of the molecule is CNC(=O)[C@]1(C)CCCN(C(=O)Cn2nnc3ccccc32)C1. The summed E-state index contributed by atoms with van der Waals surface area (Å²) in [6.45, 7) is 3.18. The Labute approximate surface area is 134 Å². The van der Waals surface area contributed by atoms with E-state index in [9.17, 15) is 9.59 Å². The van der Waals surface area contributed by atoms with Gasteiger partial charge < -0.3 is 10.2 Å². The van der Waals surface area contributed by atoms with Gasteiger partial charge in [-0.15, -0.1) is 5.10 Å². The second-order valence-electron chi connectivity index (χ2n) is 6.29. The number of aromatic nitrogens is 3. The zero-order valence-electron chi connectivity index (χ0n) is 13.5. The Kier molecular flexibility index (Phi) is 4.02. The van der Waals surface area contributed by atoms with E-state index in [1.54, 1.807) is 16.6 Å². The third kappa shape index (κ3) is 2.91. The second-order valence-corrected chi connectivity index (χ2v) is 6.29. The molecule has 2 heterocycles. The van der Waals surface area contributed by atoms with E-state index in [0.29, 0.717) is 13.1 Å². The normalized spacial score (nSPS) is 21.4. The number of hydrogen-bond donors (Lipinski definition) is 1. The first-order chi connectivity index (χ1) is 11.0. The zero-order valence-corrected chi connectivity index (χ0v) is 13.5. The first-order valence-electron chi connectivity index (χ1n) is 7.82. The number of likely N-dealkylation sites (tertiary alicyclic amines) is 1. The van der Waals surface area contributed by atoms with E-state index < -0.39 is 5.41 Å². The molecule has 0 spiro atoms. The van der Waals surface area contributed by atoms with Crippen LogP contribution in [0.25, 0.3) is 11.0 Å². The van der Waals surface area contributed by atoms with Crippen LogP contribution in [-0.4, -0.2) is 51.8 Å². The number of fused-ring (bicyclic) bond motifs is 1. The van der Waals surface area contributed by atoms with Crippen molar-refractivity contribution < 1.29 is 9.59 Å². The molecule has 0 saturated carbocycles. The number of benzene rings is 1. The van der Waals surface area contributed by atoms with Crippen LogP contribution in [-0.2, 0) is 16.1 Å². The Hall–Kier alpha value is -2.44. The lowest BCUT2D eigenvalue weighted by atomic mass is 9.81. The molecule has 1 aromatic carbocycles. The van der Waals surface area contributed by atoms with Crippen LogP contribution in [0.1, 0.15) is 19.8 Å². The summed E-state index contributed by atoms with van der Waals surface area (Å²) in [5, 5.41) is 10.8. The van der Waals surface area contributed by atoms with Crippen LogP contribution in [0.4, 0.5) is 0 Å². The molecular formula is C16H21N5O2. The Morgan fingerprint density at radius 1 is 1.35 bits per heavy atom. The maximum Gasteiger partial charge on any atom is 0.244 e. The van der Waals surface area contributed by atoms with Gasteiger partial charge in [-0.05, 0) is 31.9 Å². The van der Waals surface area contributed by atoms with Crippen molar-refractivity contribution in [1.82, 2.24) is 25.2 Å². The molecule has 1 N–H and O–H groups in total. The van der Waals surface area contributed by atoms with E-state index in [0.717, 1.165) is 23.9 Å². The molecule has 2 amide bonds. The highest BCUT2D eigenvalue weighted by atomic mass is 16.2. The minimum absolute atomic E-state index is 0.0128. The Balaban J connectivity index is 1.74. The van der Waals surface area contributed by atoms with Crippen LogP contribution in [0, 0.1) is 5.41 Å². The molecular weight excluding hydrogens is 294 g/mol. The van der Waals surface area contributed by atoms with Crippen LogP contribution in [0.3, 0.4) is 0 Å². The molecule has 0 unspecified atom stereocenters. The molecule has 1 aliphatic heterocycles. The van der Waals surface area contributed by atoms with Crippen LogP contribution in [0.5, 0.6) is 0 Å². The van der Waals surface area contributed by atoms with Gasteiger partial charge in [-0.2, -0.15) is 0 Å². The van der Waals surface area contributed by atoms with Crippen LogP contribution in [0.2, 0.25) is 0 Å². The van der Waals surface area contributed by atoms with Gasteiger partial charge in [-0.3, -0.25) is 9.59 Å². The van der Waals surface area contributed by atoms with Crippen LogP contribution in [0.15, 0.2) is 24.3 Å². The highest BCUT2D eigenvalue weighted by Gasteiger charge is 2.38. The first kappa shape index (κ1) is 15.5. The fourth-order valence-corrected chi connectivity index (χ4v) is 3.20. The number of nitrogens with zero attached hydrogens (tertiary/aromatic N) is 4. The van der Waals surface area contributed by atoms with Gasteiger partial charge in [0.2, 0.25) is 11.8 Å². The molecule has 23 heavy (non-hydrogen) atoms. The van der Waals surface area contributed by atoms with Gasteiger partial charge in [0.1, 0.15) is 12.1 Å². The van der Waals surface area contributed by atoms with E-state index in [-0.39, 0.29) is 18.4 Å². The third-order valence-corrected chi connectivity index (χ3v) is 4.53. The molecule has 1 aromatic heterocycles. The largest absolute Gasteiger partial charge is 0.359 e. The first-order valence-corrected chi connectivity index (χ1v) is 7.82. The molecule has 2 aromatic rings. The molecule has 0 radical (unpaired) electrons. The summed E-state index contributed by atoms with van der Waals surface area (Å²) < 4.78 is 1.61. The minimum Gasteiger partial charge on any atom is -0.359 e. The Bertz CT molecular complexity index is 741. The van der Waals surface area contributed by atoms with Gasteiger partial charge in [-0.25, -0.2) is 4.68 Å². The summed E-state index contributed by atoms with van der Waals surface area (Å²) in [5.74, 6) is -0.0447. The third-order valence-electron chi connectivity index (χ3n) is 4.53. The number of para-hydroxylation sites is 1. The molecule has 1 fully saturated rings.